The predicted octanol–water partition coefficient (Wildman–Crippen LogP) is 1.46. The lowest BCUT2D eigenvalue weighted by atomic mass is 10.0. The molecule has 0 unspecified atom stereocenters. The van der Waals surface area contributed by atoms with Crippen LogP contribution in [0.2, 0.25) is 0 Å². The highest BCUT2D eigenvalue weighted by molar-refractivity contribution is 5.86. The zero-order valence-corrected chi connectivity index (χ0v) is 16.4. The van der Waals surface area contributed by atoms with Gasteiger partial charge in [-0.2, -0.15) is 0 Å². The lowest BCUT2D eigenvalue weighted by molar-refractivity contribution is -0.136. The Hall–Kier alpha value is -2.12. The second-order valence-electron chi connectivity index (χ2n) is 7.40. The molecule has 0 aromatic heterocycles. The molecule has 1 aromatic rings. The van der Waals surface area contributed by atoms with E-state index < -0.39 is 12.1 Å². The van der Waals surface area contributed by atoms with Crippen molar-refractivity contribution in [2.45, 2.75) is 39.5 Å². The molecule has 2 N–H and O–H groups in total. The summed E-state index contributed by atoms with van der Waals surface area (Å²) in [6.45, 7) is 8.99. The number of rotatable bonds is 7. The summed E-state index contributed by atoms with van der Waals surface area (Å²) >= 11 is 0. The van der Waals surface area contributed by atoms with Gasteiger partial charge in [-0.3, -0.25) is 9.69 Å². The Bertz CT molecular complexity index is 599. The first-order valence-electron chi connectivity index (χ1n) is 9.53. The Morgan fingerprint density at radius 1 is 1.11 bits per heavy atom. The van der Waals surface area contributed by atoms with Gasteiger partial charge in [0.1, 0.15) is 12.6 Å². The molecule has 150 valence electrons. The van der Waals surface area contributed by atoms with Crippen molar-refractivity contribution in [1.29, 1.82) is 0 Å². The van der Waals surface area contributed by atoms with Crippen LogP contribution in [0.5, 0.6) is 0 Å². The normalized spacial score (nSPS) is 17.4. The van der Waals surface area contributed by atoms with Crippen molar-refractivity contribution in [3.63, 3.8) is 0 Å². The van der Waals surface area contributed by atoms with Gasteiger partial charge in [0.2, 0.25) is 5.91 Å². The fourth-order valence-electron chi connectivity index (χ4n) is 3.13. The van der Waals surface area contributed by atoms with Gasteiger partial charge in [-0.25, -0.2) is 4.79 Å². The van der Waals surface area contributed by atoms with E-state index in [0.717, 1.165) is 18.7 Å². The molecule has 0 radical (unpaired) electrons. The molecule has 0 saturated carbocycles. The monoisotopic (exact) mass is 377 g/mol. The maximum atomic E-state index is 12.9. The molecule has 1 fully saturated rings. The quantitative estimate of drug-likeness (QED) is 0.752. The third-order valence-electron chi connectivity index (χ3n) is 4.63. The van der Waals surface area contributed by atoms with Gasteiger partial charge >= 0.3 is 6.09 Å². The van der Waals surface area contributed by atoms with Crippen molar-refractivity contribution in [1.82, 2.24) is 15.1 Å². The first-order valence-corrected chi connectivity index (χ1v) is 9.53. The van der Waals surface area contributed by atoms with Crippen LogP contribution in [-0.4, -0.2) is 71.8 Å². The first kappa shape index (κ1) is 21.2. The van der Waals surface area contributed by atoms with Crippen LogP contribution in [0.15, 0.2) is 30.3 Å². The fraction of sp³-hybridized carbons (Fsp3) is 0.600. The molecule has 1 aliphatic rings. The number of carbonyl (C=O) groups is 2. The molecule has 0 spiro atoms. The number of aliphatic hydroxyl groups is 1. The zero-order chi connectivity index (χ0) is 19.8. The van der Waals surface area contributed by atoms with Gasteiger partial charge in [-0.05, 0) is 18.4 Å². The number of aliphatic hydroxyl groups excluding tert-OH is 1. The summed E-state index contributed by atoms with van der Waals surface area (Å²) in [5, 5.41) is 12.2. The first-order chi connectivity index (χ1) is 12.9. The van der Waals surface area contributed by atoms with Crippen LogP contribution in [0.4, 0.5) is 4.79 Å². The molecule has 27 heavy (non-hydrogen) atoms. The van der Waals surface area contributed by atoms with Crippen molar-refractivity contribution < 1.29 is 19.4 Å². The van der Waals surface area contributed by atoms with Crippen molar-refractivity contribution in [3.8, 4) is 0 Å². The van der Waals surface area contributed by atoms with Crippen molar-refractivity contribution in [3.05, 3.63) is 35.9 Å². The average molecular weight is 377 g/mol. The Morgan fingerprint density at radius 3 is 2.30 bits per heavy atom. The van der Waals surface area contributed by atoms with E-state index in [1.165, 1.54) is 0 Å². The molecule has 7 heteroatoms. The third kappa shape index (κ3) is 6.84. The molecule has 1 aliphatic heterocycles. The minimum absolute atomic E-state index is 0.0442. The van der Waals surface area contributed by atoms with E-state index >= 15 is 0 Å². The van der Waals surface area contributed by atoms with Gasteiger partial charge in [0, 0.05) is 32.7 Å². The number of ether oxygens (including phenoxy) is 1. The van der Waals surface area contributed by atoms with E-state index in [-0.39, 0.29) is 24.5 Å². The molecule has 2 amide bonds. The molecule has 2 atom stereocenters. The summed E-state index contributed by atoms with van der Waals surface area (Å²) in [5.41, 5.74) is 0.898. The highest BCUT2D eigenvalue weighted by atomic mass is 16.5. The fourth-order valence-corrected chi connectivity index (χ4v) is 3.13. The van der Waals surface area contributed by atoms with Crippen LogP contribution in [0, 0.1) is 5.92 Å². The van der Waals surface area contributed by atoms with Crippen molar-refractivity contribution in [2.24, 2.45) is 5.92 Å². The predicted molar refractivity (Wildman–Crippen MR) is 103 cm³/mol. The van der Waals surface area contributed by atoms with Crippen molar-refractivity contribution >= 4 is 12.0 Å². The number of hydrogen-bond donors (Lipinski definition) is 2. The lowest BCUT2D eigenvalue weighted by Crippen LogP contribution is -2.57. The van der Waals surface area contributed by atoms with Crippen LogP contribution in [0.3, 0.4) is 0 Å². The average Bonchev–Trinajstić information content (AvgIpc) is 2.64. The number of nitrogens with zero attached hydrogens (tertiary/aromatic N) is 2. The van der Waals surface area contributed by atoms with Crippen LogP contribution in [0.25, 0.3) is 0 Å². The SMILES string of the molecule is CC(C)[C@H](NC(=O)OCc1ccccc1)C(=O)N1CCN(C[C@@H](C)O)CC1. The lowest BCUT2D eigenvalue weighted by Gasteiger charge is -2.37. The van der Waals surface area contributed by atoms with Crippen LogP contribution < -0.4 is 5.32 Å². The molecule has 7 nitrogen and oxygen atoms in total. The van der Waals surface area contributed by atoms with E-state index in [0.29, 0.717) is 19.6 Å². The number of benzene rings is 1. The molecular weight excluding hydrogens is 346 g/mol. The third-order valence-corrected chi connectivity index (χ3v) is 4.63. The number of β-amino-alcohol motifs (C(OH)–C–C–N with tert-alkyl or cyclic N) is 1. The highest BCUT2D eigenvalue weighted by Crippen LogP contribution is 2.11. The summed E-state index contributed by atoms with van der Waals surface area (Å²) in [4.78, 5) is 28.9. The highest BCUT2D eigenvalue weighted by Gasteiger charge is 2.31. The molecule has 0 bridgehead atoms. The molecular formula is C20H31N3O4. The van der Waals surface area contributed by atoms with Crippen LogP contribution >= 0.6 is 0 Å². The van der Waals surface area contributed by atoms with Gasteiger partial charge in [-0.1, -0.05) is 44.2 Å². The maximum absolute atomic E-state index is 12.9. The summed E-state index contributed by atoms with van der Waals surface area (Å²) < 4.78 is 5.25. The Labute approximate surface area is 161 Å². The summed E-state index contributed by atoms with van der Waals surface area (Å²) in [6, 6.07) is 8.81. The Morgan fingerprint density at radius 2 is 1.74 bits per heavy atom. The zero-order valence-electron chi connectivity index (χ0n) is 16.4. The van der Waals surface area contributed by atoms with E-state index in [2.05, 4.69) is 10.2 Å². The van der Waals surface area contributed by atoms with E-state index in [1.807, 2.05) is 44.2 Å². The number of piperazine rings is 1. The molecule has 2 rings (SSSR count). The molecule has 1 saturated heterocycles. The summed E-state index contributed by atoms with van der Waals surface area (Å²) in [7, 11) is 0. The maximum Gasteiger partial charge on any atom is 0.408 e. The van der Waals surface area contributed by atoms with Gasteiger partial charge in [0.15, 0.2) is 0 Å². The second kappa shape index (κ2) is 10.3. The second-order valence-corrected chi connectivity index (χ2v) is 7.40. The van der Waals surface area contributed by atoms with Gasteiger partial charge in [0.25, 0.3) is 0 Å². The van der Waals surface area contributed by atoms with Gasteiger partial charge in [0.05, 0.1) is 6.10 Å². The number of amides is 2. The topological polar surface area (TPSA) is 82.1 Å². The van der Waals surface area contributed by atoms with Crippen molar-refractivity contribution in [2.75, 3.05) is 32.7 Å². The number of nitrogens with one attached hydrogen (secondary N) is 1. The molecule has 1 heterocycles. The Balaban J connectivity index is 1.85. The van der Waals surface area contributed by atoms with Crippen LogP contribution in [0.1, 0.15) is 26.3 Å². The summed E-state index contributed by atoms with van der Waals surface area (Å²) in [6.07, 6.45) is -0.963. The number of carbonyl (C=O) groups excluding carboxylic acids is 2. The van der Waals surface area contributed by atoms with Gasteiger partial charge in [-0.15, -0.1) is 0 Å². The van der Waals surface area contributed by atoms with E-state index in [9.17, 15) is 14.7 Å². The number of alkyl carbamates (subject to hydrolysis) is 1. The minimum Gasteiger partial charge on any atom is -0.445 e. The standard InChI is InChI=1S/C20H31N3O4/c1-15(2)18(21-20(26)27-14-17-7-5-4-6-8-17)19(25)23-11-9-22(10-12-23)13-16(3)24/h4-8,15-16,18,24H,9-14H2,1-3H3,(H,21,26)/t16-,18+/m1/s1. The van der Waals surface area contributed by atoms with Crippen LogP contribution in [-0.2, 0) is 16.1 Å². The number of hydrogen-bond acceptors (Lipinski definition) is 5. The molecule has 0 aliphatic carbocycles. The largest absolute Gasteiger partial charge is 0.445 e. The van der Waals surface area contributed by atoms with E-state index in [1.54, 1.807) is 11.8 Å². The molecule has 1 aromatic carbocycles. The Kier molecular flexibility index (Phi) is 8.06. The van der Waals surface area contributed by atoms with Gasteiger partial charge < -0.3 is 20.1 Å². The summed E-state index contributed by atoms with van der Waals surface area (Å²) in [5.74, 6) is -0.129. The minimum atomic E-state index is -0.614. The van der Waals surface area contributed by atoms with E-state index in [4.69, 9.17) is 4.74 Å². The smallest absolute Gasteiger partial charge is 0.408 e.